The van der Waals surface area contributed by atoms with Crippen molar-refractivity contribution in [1.29, 1.82) is 0 Å². The van der Waals surface area contributed by atoms with Crippen LogP contribution in [0.25, 0.3) is 0 Å². The summed E-state index contributed by atoms with van der Waals surface area (Å²) in [4.78, 5) is 38.9. The van der Waals surface area contributed by atoms with E-state index in [0.717, 1.165) is 0 Å². The first-order chi connectivity index (χ1) is 9.18. The average molecular weight is 282 g/mol. The molecule has 0 aromatic rings. The Bertz CT molecular complexity index is 441. The van der Waals surface area contributed by atoms with Gasteiger partial charge in [-0.3, -0.25) is 14.4 Å². The van der Waals surface area contributed by atoms with Crippen molar-refractivity contribution in [2.75, 3.05) is 26.2 Å². The summed E-state index contributed by atoms with van der Waals surface area (Å²) >= 11 is 0. The molecule has 1 aliphatic carbocycles. The Kier molecular flexibility index (Phi) is 3.52. The minimum absolute atomic E-state index is 0.0731. The van der Waals surface area contributed by atoms with Crippen LogP contribution in [0, 0.1) is 10.8 Å². The van der Waals surface area contributed by atoms with Crippen LogP contribution in [0.2, 0.25) is 0 Å². The van der Waals surface area contributed by atoms with Crippen molar-refractivity contribution in [3.05, 3.63) is 0 Å². The minimum Gasteiger partial charge on any atom is -0.480 e. The van der Waals surface area contributed by atoms with Crippen molar-refractivity contribution in [3.63, 3.8) is 0 Å². The Balaban J connectivity index is 1.94. The van der Waals surface area contributed by atoms with Crippen LogP contribution >= 0.6 is 0 Å². The van der Waals surface area contributed by atoms with Gasteiger partial charge in [-0.2, -0.15) is 0 Å². The third kappa shape index (κ3) is 2.51. The highest BCUT2D eigenvalue weighted by Crippen LogP contribution is 2.47. The number of nitrogens with zero attached hydrogens (tertiary/aromatic N) is 2. The lowest BCUT2D eigenvalue weighted by molar-refractivity contribution is -0.156. The fraction of sp³-hybridized carbons (Fsp3) is 0.786. The predicted octanol–water partition coefficient (Wildman–Crippen LogP) is 0.568. The number of amides is 2. The van der Waals surface area contributed by atoms with Gasteiger partial charge in [0.05, 0.1) is 0 Å². The molecule has 0 unspecified atom stereocenters. The summed E-state index contributed by atoms with van der Waals surface area (Å²) in [5.41, 5.74) is -1.60. The van der Waals surface area contributed by atoms with Gasteiger partial charge in [-0.1, -0.05) is 20.8 Å². The molecule has 0 atom stereocenters. The highest BCUT2D eigenvalue weighted by atomic mass is 16.4. The van der Waals surface area contributed by atoms with Crippen LogP contribution in [0.4, 0.5) is 0 Å². The van der Waals surface area contributed by atoms with Crippen molar-refractivity contribution in [1.82, 2.24) is 9.80 Å². The standard InChI is InChI=1S/C14H22N2O4/c1-13(2,3)10(17)15-6-8-16(9-7-15)11(18)14(4-5-14)12(19)20/h4-9H2,1-3H3,(H,19,20). The van der Waals surface area contributed by atoms with E-state index in [1.165, 1.54) is 0 Å². The van der Waals surface area contributed by atoms with E-state index >= 15 is 0 Å². The molecule has 1 heterocycles. The number of hydrogen-bond donors (Lipinski definition) is 1. The Morgan fingerprint density at radius 3 is 1.75 bits per heavy atom. The number of carbonyl (C=O) groups is 3. The van der Waals surface area contributed by atoms with Gasteiger partial charge in [0.1, 0.15) is 5.41 Å². The summed E-state index contributed by atoms with van der Waals surface area (Å²) in [6.45, 7) is 7.43. The number of aliphatic carboxylic acids is 1. The van der Waals surface area contributed by atoms with E-state index in [1.54, 1.807) is 9.80 Å². The zero-order chi connectivity index (χ0) is 15.1. The summed E-state index contributed by atoms with van der Waals surface area (Å²) in [7, 11) is 0. The maximum atomic E-state index is 12.2. The Morgan fingerprint density at radius 1 is 0.950 bits per heavy atom. The topological polar surface area (TPSA) is 77.9 Å². The highest BCUT2D eigenvalue weighted by Gasteiger charge is 2.58. The molecule has 1 N–H and O–H groups in total. The molecule has 0 aromatic heterocycles. The number of piperazine rings is 1. The summed E-state index contributed by atoms with van der Waals surface area (Å²) in [6.07, 6.45) is 0.866. The van der Waals surface area contributed by atoms with Gasteiger partial charge >= 0.3 is 5.97 Å². The second-order valence-electron chi connectivity index (χ2n) is 6.72. The fourth-order valence-corrected chi connectivity index (χ4v) is 2.53. The molecule has 0 spiro atoms. The number of carbonyl (C=O) groups excluding carboxylic acids is 2. The van der Waals surface area contributed by atoms with E-state index in [0.29, 0.717) is 39.0 Å². The quantitative estimate of drug-likeness (QED) is 0.751. The van der Waals surface area contributed by atoms with Crippen LogP contribution in [-0.2, 0) is 14.4 Å². The maximum absolute atomic E-state index is 12.2. The zero-order valence-corrected chi connectivity index (χ0v) is 12.3. The third-order valence-electron chi connectivity index (χ3n) is 4.06. The molecular weight excluding hydrogens is 260 g/mol. The molecule has 1 saturated heterocycles. The fourth-order valence-electron chi connectivity index (χ4n) is 2.53. The summed E-state index contributed by atoms with van der Waals surface area (Å²) < 4.78 is 0. The molecule has 112 valence electrons. The molecule has 2 aliphatic rings. The SMILES string of the molecule is CC(C)(C)C(=O)N1CCN(C(=O)C2(C(=O)O)CC2)CC1. The van der Waals surface area contributed by atoms with E-state index in [4.69, 9.17) is 5.11 Å². The van der Waals surface area contributed by atoms with Crippen LogP contribution in [0.5, 0.6) is 0 Å². The lowest BCUT2D eigenvalue weighted by Crippen LogP contribution is -2.55. The van der Waals surface area contributed by atoms with Gasteiger partial charge in [-0.25, -0.2) is 0 Å². The van der Waals surface area contributed by atoms with E-state index in [-0.39, 0.29) is 11.8 Å². The summed E-state index contributed by atoms with van der Waals surface area (Å²) in [6, 6.07) is 0. The number of hydrogen-bond acceptors (Lipinski definition) is 3. The molecule has 1 aliphatic heterocycles. The van der Waals surface area contributed by atoms with Gasteiger partial charge in [0.15, 0.2) is 0 Å². The summed E-state index contributed by atoms with van der Waals surface area (Å²) in [5, 5.41) is 9.14. The zero-order valence-electron chi connectivity index (χ0n) is 12.3. The number of carboxylic acid groups (broad SMARTS) is 1. The molecule has 0 bridgehead atoms. The molecular formula is C14H22N2O4. The van der Waals surface area contributed by atoms with Gasteiger partial charge in [0.2, 0.25) is 11.8 Å². The van der Waals surface area contributed by atoms with Crippen LogP contribution in [0.3, 0.4) is 0 Å². The van der Waals surface area contributed by atoms with Gasteiger partial charge in [-0.05, 0) is 12.8 Å². The molecule has 2 amide bonds. The van der Waals surface area contributed by atoms with Crippen molar-refractivity contribution in [2.45, 2.75) is 33.6 Å². The Hall–Kier alpha value is -1.59. The number of rotatable bonds is 2. The first kappa shape index (κ1) is 14.8. The Labute approximate surface area is 118 Å². The van der Waals surface area contributed by atoms with Gasteiger partial charge in [0, 0.05) is 31.6 Å². The first-order valence-corrected chi connectivity index (χ1v) is 7.01. The second kappa shape index (κ2) is 4.75. The average Bonchev–Trinajstić information content (AvgIpc) is 3.17. The van der Waals surface area contributed by atoms with Crippen LogP contribution < -0.4 is 0 Å². The van der Waals surface area contributed by atoms with E-state index in [2.05, 4.69) is 0 Å². The molecule has 6 nitrogen and oxygen atoms in total. The first-order valence-electron chi connectivity index (χ1n) is 7.01. The smallest absolute Gasteiger partial charge is 0.319 e. The minimum atomic E-state index is -1.17. The van der Waals surface area contributed by atoms with Crippen LogP contribution in [0.1, 0.15) is 33.6 Å². The predicted molar refractivity (Wildman–Crippen MR) is 71.9 cm³/mol. The lowest BCUT2D eigenvalue weighted by Gasteiger charge is -2.38. The van der Waals surface area contributed by atoms with Crippen molar-refractivity contribution < 1.29 is 19.5 Å². The second-order valence-corrected chi connectivity index (χ2v) is 6.72. The lowest BCUT2D eigenvalue weighted by atomic mass is 9.94. The maximum Gasteiger partial charge on any atom is 0.319 e. The van der Waals surface area contributed by atoms with E-state index < -0.39 is 16.8 Å². The molecule has 1 saturated carbocycles. The molecule has 0 radical (unpaired) electrons. The third-order valence-corrected chi connectivity index (χ3v) is 4.06. The van der Waals surface area contributed by atoms with E-state index in [9.17, 15) is 14.4 Å². The van der Waals surface area contributed by atoms with Gasteiger partial charge in [0.25, 0.3) is 0 Å². The normalized spacial score (nSPS) is 21.6. The van der Waals surface area contributed by atoms with Crippen LogP contribution in [0.15, 0.2) is 0 Å². The highest BCUT2D eigenvalue weighted by molar-refractivity contribution is 6.04. The van der Waals surface area contributed by atoms with Gasteiger partial charge < -0.3 is 14.9 Å². The molecule has 0 aromatic carbocycles. The largest absolute Gasteiger partial charge is 0.480 e. The monoisotopic (exact) mass is 282 g/mol. The molecule has 6 heteroatoms. The van der Waals surface area contributed by atoms with Crippen molar-refractivity contribution >= 4 is 17.8 Å². The van der Waals surface area contributed by atoms with Crippen LogP contribution in [-0.4, -0.2) is 58.9 Å². The molecule has 2 fully saturated rings. The summed E-state index contributed by atoms with van der Waals surface area (Å²) in [5.74, 6) is -1.23. The van der Waals surface area contributed by atoms with Gasteiger partial charge in [-0.15, -0.1) is 0 Å². The van der Waals surface area contributed by atoms with Crippen molar-refractivity contribution in [3.8, 4) is 0 Å². The van der Waals surface area contributed by atoms with E-state index in [1.807, 2.05) is 20.8 Å². The molecule has 2 rings (SSSR count). The number of carboxylic acids is 1. The van der Waals surface area contributed by atoms with Crippen molar-refractivity contribution in [2.24, 2.45) is 10.8 Å². The Morgan fingerprint density at radius 2 is 1.40 bits per heavy atom. The molecule has 20 heavy (non-hydrogen) atoms.